The zero-order chi connectivity index (χ0) is 10.7. The van der Waals surface area contributed by atoms with Gasteiger partial charge in [-0.05, 0) is 12.8 Å². The van der Waals surface area contributed by atoms with Gasteiger partial charge in [0.2, 0.25) is 11.9 Å². The molecule has 0 aromatic heterocycles. The van der Waals surface area contributed by atoms with Gasteiger partial charge in [0, 0.05) is 13.6 Å². The van der Waals surface area contributed by atoms with Crippen LogP contribution in [0.2, 0.25) is 0 Å². The van der Waals surface area contributed by atoms with E-state index < -0.39 is 0 Å². The maximum Gasteiger partial charge on any atom is 0.248 e. The van der Waals surface area contributed by atoms with Gasteiger partial charge in [0.25, 0.3) is 0 Å². The molecular weight excluding hydrogens is 181 g/mol. The summed E-state index contributed by atoms with van der Waals surface area (Å²) in [6.07, 6.45) is 1.11. The fraction of sp³-hybridized carbons (Fsp3) is 0.625. The highest BCUT2D eigenvalue weighted by atomic mass is 16.2. The first-order valence-corrected chi connectivity index (χ1v) is 4.62. The summed E-state index contributed by atoms with van der Waals surface area (Å²) in [6.45, 7) is 0.750. The number of carbonyl (C=O) groups excluding carboxylic acids is 2. The van der Waals surface area contributed by atoms with E-state index in [0.717, 1.165) is 0 Å². The number of likely N-dealkylation sites (N-methyl/N-ethyl adjacent to an activating group) is 1. The van der Waals surface area contributed by atoms with E-state index in [9.17, 15) is 9.59 Å². The summed E-state index contributed by atoms with van der Waals surface area (Å²) in [5, 5.41) is 7.57. The van der Waals surface area contributed by atoms with E-state index in [1.54, 1.807) is 11.9 Å². The highest BCUT2D eigenvalue weighted by molar-refractivity contribution is 6.57. The fourth-order valence-corrected chi connectivity index (χ4v) is 1.40. The molecule has 1 saturated heterocycles. The average Bonchev–Trinajstić information content (AvgIpc) is 2.31. The Bertz CT molecular complexity index is 280. The van der Waals surface area contributed by atoms with Gasteiger partial charge >= 0.3 is 0 Å². The third-order valence-electron chi connectivity index (χ3n) is 2.20. The van der Waals surface area contributed by atoms with Crippen molar-refractivity contribution in [3.05, 3.63) is 0 Å². The van der Waals surface area contributed by atoms with E-state index >= 15 is 0 Å². The Morgan fingerprint density at radius 3 is 2.71 bits per heavy atom. The van der Waals surface area contributed by atoms with Gasteiger partial charge < -0.3 is 9.69 Å². The van der Waals surface area contributed by atoms with Crippen molar-refractivity contribution in [2.75, 3.05) is 20.1 Å². The molecule has 0 atom stereocenters. The SMILES string of the molecule is BC(=O)CCCN1C(=N)N(C)CC1=O. The van der Waals surface area contributed by atoms with Crippen LogP contribution < -0.4 is 0 Å². The quantitative estimate of drug-likeness (QED) is 0.563. The average molecular weight is 195 g/mol. The van der Waals surface area contributed by atoms with Crippen LogP contribution in [0.25, 0.3) is 0 Å². The van der Waals surface area contributed by atoms with Crippen LogP contribution in [0.5, 0.6) is 0 Å². The first-order chi connectivity index (χ1) is 6.52. The van der Waals surface area contributed by atoms with Gasteiger partial charge in [-0.2, -0.15) is 0 Å². The maximum absolute atomic E-state index is 11.3. The highest BCUT2D eigenvalue weighted by Crippen LogP contribution is 2.07. The molecule has 0 aromatic rings. The van der Waals surface area contributed by atoms with Crippen LogP contribution in [-0.4, -0.2) is 55.3 Å². The molecule has 1 fully saturated rings. The summed E-state index contributed by atoms with van der Waals surface area (Å²) < 4.78 is 0. The molecule has 0 spiro atoms. The molecule has 76 valence electrons. The molecule has 0 aliphatic carbocycles. The molecule has 6 heteroatoms. The van der Waals surface area contributed by atoms with Gasteiger partial charge in [-0.1, -0.05) is 0 Å². The van der Waals surface area contributed by atoms with Gasteiger partial charge in [-0.3, -0.25) is 15.1 Å². The molecule has 1 rings (SSSR count). The summed E-state index contributed by atoms with van der Waals surface area (Å²) in [4.78, 5) is 25.0. The zero-order valence-corrected chi connectivity index (χ0v) is 8.54. The van der Waals surface area contributed by atoms with Crippen molar-refractivity contribution >= 4 is 25.4 Å². The fourth-order valence-electron chi connectivity index (χ4n) is 1.40. The Morgan fingerprint density at radius 2 is 2.29 bits per heavy atom. The second-order valence-corrected chi connectivity index (χ2v) is 3.53. The molecule has 1 amide bonds. The lowest BCUT2D eigenvalue weighted by Crippen LogP contribution is -2.33. The van der Waals surface area contributed by atoms with E-state index in [1.807, 2.05) is 0 Å². The summed E-state index contributed by atoms with van der Waals surface area (Å²) in [5.41, 5.74) is 0.122. The van der Waals surface area contributed by atoms with Crippen LogP contribution in [0.15, 0.2) is 0 Å². The molecule has 1 aliphatic heterocycles. The molecule has 0 unspecified atom stereocenters. The Balaban J connectivity index is 2.41. The summed E-state index contributed by atoms with van der Waals surface area (Å²) in [7, 11) is 3.24. The maximum atomic E-state index is 11.3. The lowest BCUT2D eigenvalue weighted by Gasteiger charge is -2.16. The minimum atomic E-state index is -0.0546. The Kier molecular flexibility index (Phi) is 3.27. The monoisotopic (exact) mass is 195 g/mol. The number of guanidine groups is 1. The normalized spacial score (nSPS) is 16.6. The Labute approximate surface area is 84.0 Å². The Hall–Kier alpha value is -1.33. The zero-order valence-electron chi connectivity index (χ0n) is 8.54. The molecule has 1 aliphatic rings. The highest BCUT2D eigenvalue weighted by Gasteiger charge is 2.29. The number of carbonyl (C=O) groups is 2. The smallest absolute Gasteiger partial charge is 0.248 e. The van der Waals surface area contributed by atoms with Crippen LogP contribution in [0.1, 0.15) is 12.8 Å². The predicted molar refractivity (Wildman–Crippen MR) is 54.9 cm³/mol. The molecule has 1 heterocycles. The first-order valence-electron chi connectivity index (χ1n) is 4.62. The molecule has 1 N–H and O–H groups in total. The first kappa shape index (κ1) is 10.8. The van der Waals surface area contributed by atoms with E-state index in [0.29, 0.717) is 19.4 Å². The van der Waals surface area contributed by atoms with Gasteiger partial charge in [0.05, 0.1) is 12.2 Å². The molecule has 0 bridgehead atoms. The number of nitrogens with zero attached hydrogens (tertiary/aromatic N) is 2. The second-order valence-electron chi connectivity index (χ2n) is 3.53. The lowest BCUT2D eigenvalue weighted by molar-refractivity contribution is -0.125. The van der Waals surface area contributed by atoms with Gasteiger partial charge in [0.15, 0.2) is 7.85 Å². The van der Waals surface area contributed by atoms with Crippen molar-refractivity contribution in [3.63, 3.8) is 0 Å². The standard InChI is InChI=1S/C8H14BN3O2/c1-11-5-7(14)12(8(11)10)4-2-3-6(9)13/h10H,2-5,9H2,1H3. The van der Waals surface area contributed by atoms with E-state index in [1.165, 1.54) is 12.7 Å². The number of nitrogens with one attached hydrogen (secondary N) is 1. The number of hydrogen-bond donors (Lipinski definition) is 1. The van der Waals surface area contributed by atoms with Crippen molar-refractivity contribution in [2.24, 2.45) is 0 Å². The third-order valence-corrected chi connectivity index (χ3v) is 2.20. The van der Waals surface area contributed by atoms with Gasteiger partial charge in [-0.15, -0.1) is 0 Å². The topological polar surface area (TPSA) is 64.5 Å². The number of amides is 1. The van der Waals surface area contributed by atoms with Crippen LogP contribution in [0, 0.1) is 5.41 Å². The van der Waals surface area contributed by atoms with Crippen molar-refractivity contribution < 1.29 is 9.59 Å². The van der Waals surface area contributed by atoms with E-state index in [-0.39, 0.29) is 24.1 Å². The molecule has 0 saturated carbocycles. The van der Waals surface area contributed by atoms with E-state index in [4.69, 9.17) is 5.41 Å². The summed E-state index contributed by atoms with van der Waals surface area (Å²) in [5.74, 6) is 0.180. The summed E-state index contributed by atoms with van der Waals surface area (Å²) >= 11 is 0. The molecule has 14 heavy (non-hydrogen) atoms. The van der Waals surface area contributed by atoms with Gasteiger partial charge in [-0.25, -0.2) is 0 Å². The van der Waals surface area contributed by atoms with E-state index in [2.05, 4.69) is 0 Å². The van der Waals surface area contributed by atoms with Crippen LogP contribution in [0.4, 0.5) is 0 Å². The minimum Gasteiger partial charge on any atom is -0.336 e. The Morgan fingerprint density at radius 1 is 1.64 bits per heavy atom. The van der Waals surface area contributed by atoms with Crippen molar-refractivity contribution in [1.29, 1.82) is 5.41 Å². The summed E-state index contributed by atoms with van der Waals surface area (Å²) in [6, 6.07) is 0. The lowest BCUT2D eigenvalue weighted by atomic mass is 9.98. The molecule has 5 nitrogen and oxygen atoms in total. The predicted octanol–water partition coefficient (Wildman–Crippen LogP) is -1.36. The van der Waals surface area contributed by atoms with Crippen LogP contribution in [-0.2, 0) is 9.59 Å². The van der Waals surface area contributed by atoms with Crippen molar-refractivity contribution in [1.82, 2.24) is 9.80 Å². The molecule has 0 aromatic carbocycles. The number of rotatable bonds is 4. The van der Waals surface area contributed by atoms with Crippen molar-refractivity contribution in [2.45, 2.75) is 12.8 Å². The molecular formula is C8H14BN3O2. The van der Waals surface area contributed by atoms with Gasteiger partial charge in [0.1, 0.15) is 0 Å². The number of hydrogen-bond acceptors (Lipinski definition) is 3. The second kappa shape index (κ2) is 4.26. The largest absolute Gasteiger partial charge is 0.336 e. The van der Waals surface area contributed by atoms with Crippen LogP contribution >= 0.6 is 0 Å². The van der Waals surface area contributed by atoms with Crippen molar-refractivity contribution in [3.8, 4) is 0 Å². The van der Waals surface area contributed by atoms with Crippen LogP contribution in [0.3, 0.4) is 0 Å². The molecule has 0 radical (unpaired) electrons. The minimum absolute atomic E-state index is 0.0546. The third kappa shape index (κ3) is 2.34.